The Labute approximate surface area is 253 Å². The fourth-order valence-corrected chi connectivity index (χ4v) is 7.30. The van der Waals surface area contributed by atoms with E-state index in [1.54, 1.807) is 24.3 Å². The number of halogens is 2. The number of fused-ring (bicyclic) bond motifs is 3. The summed E-state index contributed by atoms with van der Waals surface area (Å²) in [5, 5.41) is 10.9. The Balaban J connectivity index is 1.35. The molecule has 1 amide bonds. The van der Waals surface area contributed by atoms with Crippen LogP contribution in [0.4, 0.5) is 19.4 Å². The summed E-state index contributed by atoms with van der Waals surface area (Å²) < 4.78 is 37.7. The van der Waals surface area contributed by atoms with Gasteiger partial charge in [-0.1, -0.05) is 30.2 Å². The summed E-state index contributed by atoms with van der Waals surface area (Å²) in [6, 6.07) is 7.97. The highest BCUT2D eigenvalue weighted by molar-refractivity contribution is 6.02. The Morgan fingerprint density at radius 1 is 1.18 bits per heavy atom. The number of benzene rings is 2. The first kappa shape index (κ1) is 28.2. The maximum Gasteiger partial charge on any atom is 0.407 e. The Morgan fingerprint density at radius 2 is 1.98 bits per heavy atom. The number of hydrogen-bond acceptors (Lipinski definition) is 7. The number of likely N-dealkylation sites (N-methyl/N-ethyl adjacent to an activating group) is 1. The fraction of sp³-hybridized carbons (Fsp3) is 0.394. The monoisotopic (exact) mass is 598 g/mol. The van der Waals surface area contributed by atoms with Gasteiger partial charge < -0.3 is 19.6 Å². The summed E-state index contributed by atoms with van der Waals surface area (Å²) in [6.45, 7) is 3.14. The van der Waals surface area contributed by atoms with Crippen molar-refractivity contribution in [2.24, 2.45) is 0 Å². The van der Waals surface area contributed by atoms with Crippen LogP contribution in [0.15, 0.2) is 36.5 Å². The molecule has 0 spiro atoms. The lowest BCUT2D eigenvalue weighted by Gasteiger charge is -2.31. The number of aromatic nitrogens is 3. The second-order valence-electron chi connectivity index (χ2n) is 12.0. The molecule has 11 heteroatoms. The lowest BCUT2D eigenvalue weighted by molar-refractivity contribution is 0.108. The van der Waals surface area contributed by atoms with Crippen molar-refractivity contribution in [3.63, 3.8) is 0 Å². The van der Waals surface area contributed by atoms with E-state index in [1.165, 1.54) is 17.2 Å². The quantitative estimate of drug-likeness (QED) is 0.299. The van der Waals surface area contributed by atoms with Crippen molar-refractivity contribution >= 4 is 33.6 Å². The Bertz CT molecular complexity index is 1830. The highest BCUT2D eigenvalue weighted by atomic mass is 19.1. The molecule has 1 N–H and O–H groups in total. The molecule has 2 aromatic carbocycles. The number of terminal acetylenes is 1. The molecule has 3 saturated heterocycles. The Kier molecular flexibility index (Phi) is 6.97. The van der Waals surface area contributed by atoms with Gasteiger partial charge in [-0.25, -0.2) is 13.6 Å². The zero-order valence-corrected chi connectivity index (χ0v) is 24.4. The number of anilines is 1. The topological polar surface area (TPSA) is 94.9 Å². The lowest BCUT2D eigenvalue weighted by atomic mass is 9.95. The number of likely N-dealkylation sites (tertiary alicyclic amines) is 1. The van der Waals surface area contributed by atoms with Gasteiger partial charge in [-0.2, -0.15) is 9.97 Å². The van der Waals surface area contributed by atoms with Crippen molar-refractivity contribution in [1.29, 1.82) is 0 Å². The highest BCUT2D eigenvalue weighted by Crippen LogP contribution is 2.40. The van der Waals surface area contributed by atoms with E-state index in [2.05, 4.69) is 20.8 Å². The van der Waals surface area contributed by atoms with Gasteiger partial charge in [-0.15, -0.1) is 6.42 Å². The molecule has 0 aliphatic carbocycles. The molecule has 44 heavy (non-hydrogen) atoms. The minimum Gasteiger partial charge on any atom is -0.465 e. The third-order valence-electron chi connectivity index (χ3n) is 9.63. The van der Waals surface area contributed by atoms with Crippen molar-refractivity contribution in [1.82, 2.24) is 24.8 Å². The van der Waals surface area contributed by atoms with Crippen LogP contribution in [0.5, 0.6) is 6.01 Å². The van der Waals surface area contributed by atoms with Crippen LogP contribution in [-0.2, 0) is 0 Å². The van der Waals surface area contributed by atoms with Crippen LogP contribution in [0.2, 0.25) is 0 Å². The van der Waals surface area contributed by atoms with Gasteiger partial charge in [0.2, 0.25) is 0 Å². The number of pyridine rings is 1. The molecule has 3 fully saturated rings. The number of nitrogens with zero attached hydrogens (tertiary/aromatic N) is 6. The number of carboxylic acid groups (broad SMARTS) is 1. The molecule has 3 aliphatic heterocycles. The van der Waals surface area contributed by atoms with Crippen LogP contribution < -0.4 is 9.64 Å². The maximum absolute atomic E-state index is 16.7. The molecule has 2 aromatic heterocycles. The van der Waals surface area contributed by atoms with Crippen molar-refractivity contribution in [2.75, 3.05) is 44.7 Å². The van der Waals surface area contributed by atoms with Crippen LogP contribution in [-0.4, -0.2) is 87.4 Å². The van der Waals surface area contributed by atoms with Gasteiger partial charge >= 0.3 is 12.1 Å². The van der Waals surface area contributed by atoms with Crippen LogP contribution in [0.1, 0.15) is 37.7 Å². The van der Waals surface area contributed by atoms with Crippen LogP contribution in [0.25, 0.3) is 32.9 Å². The van der Waals surface area contributed by atoms with Gasteiger partial charge in [0.25, 0.3) is 0 Å². The second kappa shape index (κ2) is 10.9. The first-order valence-electron chi connectivity index (χ1n) is 14.9. The van der Waals surface area contributed by atoms with E-state index < -0.39 is 17.7 Å². The van der Waals surface area contributed by atoms with E-state index in [-0.39, 0.29) is 40.9 Å². The zero-order valence-electron chi connectivity index (χ0n) is 24.4. The minimum atomic E-state index is -0.982. The van der Waals surface area contributed by atoms with Crippen molar-refractivity contribution in [3.05, 3.63) is 53.7 Å². The molecular formula is C33H32F2N6O3. The molecule has 9 nitrogen and oxygen atoms in total. The van der Waals surface area contributed by atoms with Gasteiger partial charge in [0.1, 0.15) is 29.5 Å². The van der Waals surface area contributed by atoms with E-state index in [0.717, 1.165) is 38.8 Å². The van der Waals surface area contributed by atoms with E-state index >= 15 is 4.39 Å². The summed E-state index contributed by atoms with van der Waals surface area (Å²) in [5.74, 6) is 1.54. The summed E-state index contributed by atoms with van der Waals surface area (Å²) in [4.78, 5) is 31.1. The average Bonchev–Trinajstić information content (AvgIpc) is 3.76. The van der Waals surface area contributed by atoms with E-state index in [0.29, 0.717) is 47.1 Å². The maximum atomic E-state index is 16.7. The summed E-state index contributed by atoms with van der Waals surface area (Å²) in [7, 11) is 1.81. The van der Waals surface area contributed by atoms with Crippen LogP contribution in [0.3, 0.4) is 0 Å². The molecule has 0 radical (unpaired) electrons. The van der Waals surface area contributed by atoms with E-state index in [4.69, 9.17) is 16.1 Å². The predicted octanol–water partition coefficient (Wildman–Crippen LogP) is 5.30. The molecule has 226 valence electrons. The molecule has 4 aromatic rings. The van der Waals surface area contributed by atoms with Crippen molar-refractivity contribution < 1.29 is 23.4 Å². The van der Waals surface area contributed by atoms with Crippen LogP contribution in [0, 0.1) is 24.0 Å². The van der Waals surface area contributed by atoms with Gasteiger partial charge in [0.05, 0.1) is 16.5 Å². The lowest BCUT2D eigenvalue weighted by Crippen LogP contribution is -2.43. The first-order chi connectivity index (χ1) is 21.3. The third kappa shape index (κ3) is 4.56. The van der Waals surface area contributed by atoms with Crippen molar-refractivity contribution in [3.8, 4) is 29.6 Å². The highest BCUT2D eigenvalue weighted by Gasteiger charge is 2.45. The Hall–Kier alpha value is -4.56. The zero-order chi connectivity index (χ0) is 30.6. The largest absolute Gasteiger partial charge is 0.465 e. The molecule has 7 rings (SSSR count). The fourth-order valence-electron chi connectivity index (χ4n) is 7.30. The van der Waals surface area contributed by atoms with Gasteiger partial charge in [-0.05, 0) is 56.6 Å². The predicted molar refractivity (Wildman–Crippen MR) is 163 cm³/mol. The molecule has 1 atom stereocenters. The smallest absolute Gasteiger partial charge is 0.407 e. The van der Waals surface area contributed by atoms with E-state index in [1.807, 2.05) is 11.9 Å². The molecule has 5 heterocycles. The normalized spacial score (nSPS) is 19.4. The summed E-state index contributed by atoms with van der Waals surface area (Å²) in [6.07, 6.45) is 11.1. The number of carbonyl (C=O) groups is 1. The molecule has 0 bridgehead atoms. The first-order valence-corrected chi connectivity index (χ1v) is 14.9. The summed E-state index contributed by atoms with van der Waals surface area (Å²) >= 11 is 0. The average molecular weight is 599 g/mol. The summed E-state index contributed by atoms with van der Waals surface area (Å²) in [5.41, 5.74) is 0.311. The minimum absolute atomic E-state index is 0.0119. The number of rotatable bonds is 6. The van der Waals surface area contributed by atoms with Gasteiger partial charge in [-0.3, -0.25) is 9.88 Å². The number of amides is 1. The Morgan fingerprint density at radius 3 is 2.70 bits per heavy atom. The van der Waals surface area contributed by atoms with E-state index in [9.17, 15) is 14.3 Å². The molecule has 0 saturated carbocycles. The second-order valence-corrected chi connectivity index (χ2v) is 12.0. The SMILES string of the molecule is C#Cc1c(F)ccc2cccc(-c3ncc4c(N(C)[C@@H]5CCN(C(=O)O)C5)nc(OCC56CCCN5CCC6)nc4c3F)c12. The molecule has 0 unspecified atom stereocenters. The number of hydrogen-bond donors (Lipinski definition) is 1. The molecule has 3 aliphatic rings. The number of ether oxygens (including phenoxy) is 1. The van der Waals surface area contributed by atoms with Crippen LogP contribution >= 0.6 is 0 Å². The van der Waals surface area contributed by atoms with Gasteiger partial charge in [0.15, 0.2) is 5.82 Å². The molecular weight excluding hydrogens is 566 g/mol. The standard InChI is InChI=1S/C33H32F2N6O3/c1-3-22-25(34)10-9-20-7-4-8-23(26(20)22)28-27(35)29-24(17-36-28)30(39(2)21-11-16-40(18-21)32(42)43)38-31(37-29)44-19-33-12-5-14-41(33)15-6-13-33/h1,4,7-10,17,21H,5-6,11-16,18-19H2,2H3,(H,42,43)/t21-/m1/s1. The van der Waals surface area contributed by atoms with Gasteiger partial charge in [0, 0.05) is 43.3 Å². The third-order valence-corrected chi connectivity index (χ3v) is 9.63. The van der Waals surface area contributed by atoms with Crippen molar-refractivity contribution in [2.45, 2.75) is 43.7 Å².